The van der Waals surface area contributed by atoms with E-state index in [1.54, 1.807) is 0 Å². The second kappa shape index (κ2) is 9.03. The minimum Gasteiger partial charge on any atom is -0.492 e. The van der Waals surface area contributed by atoms with Crippen LogP contribution in [0, 0.1) is 5.92 Å². The number of ether oxygens (including phenoxy) is 1. The molecule has 1 atom stereocenters. The van der Waals surface area contributed by atoms with E-state index in [9.17, 15) is 5.11 Å². The summed E-state index contributed by atoms with van der Waals surface area (Å²) in [4.78, 5) is 0. The van der Waals surface area contributed by atoms with Crippen molar-refractivity contribution in [3.8, 4) is 5.75 Å². The smallest absolute Gasteiger partial charge is 0.147 e. The normalized spacial score (nSPS) is 12.8. The van der Waals surface area contributed by atoms with Gasteiger partial charge >= 0.3 is 0 Å². The quantitative estimate of drug-likeness (QED) is 0.680. The molecule has 1 unspecified atom stereocenters. The fourth-order valence-corrected chi connectivity index (χ4v) is 3.56. The Labute approximate surface area is 138 Å². The summed E-state index contributed by atoms with van der Waals surface area (Å²) in [6.45, 7) is 7.81. The maximum absolute atomic E-state index is 9.38. The predicted molar refractivity (Wildman–Crippen MR) is 90.2 cm³/mol. The van der Waals surface area contributed by atoms with E-state index in [2.05, 4.69) is 51.0 Å². The lowest BCUT2D eigenvalue weighted by Crippen LogP contribution is -2.33. The van der Waals surface area contributed by atoms with Crippen LogP contribution in [0.25, 0.3) is 0 Å². The second-order valence-electron chi connectivity index (χ2n) is 5.21. The van der Waals surface area contributed by atoms with Crippen LogP contribution in [0.4, 0.5) is 0 Å². The van der Waals surface area contributed by atoms with Crippen molar-refractivity contribution in [3.05, 3.63) is 26.6 Å². The van der Waals surface area contributed by atoms with Gasteiger partial charge < -0.3 is 15.2 Å². The van der Waals surface area contributed by atoms with Gasteiger partial charge in [-0.2, -0.15) is 0 Å². The van der Waals surface area contributed by atoms with Crippen molar-refractivity contribution < 1.29 is 9.84 Å². The van der Waals surface area contributed by atoms with Crippen LogP contribution >= 0.6 is 31.9 Å². The SMILES string of the molecule is CCOc1c(Br)cc(CNC(CO)CC(C)C)cc1Br. The van der Waals surface area contributed by atoms with Crippen molar-refractivity contribution in [2.24, 2.45) is 5.92 Å². The Balaban J connectivity index is 2.69. The first kappa shape index (κ1) is 18.0. The van der Waals surface area contributed by atoms with Gasteiger partial charge in [0.25, 0.3) is 0 Å². The minimum absolute atomic E-state index is 0.138. The van der Waals surface area contributed by atoms with Crippen LogP contribution in [0.5, 0.6) is 5.75 Å². The zero-order valence-electron chi connectivity index (χ0n) is 12.2. The molecule has 0 saturated heterocycles. The highest BCUT2D eigenvalue weighted by molar-refractivity contribution is 9.11. The topological polar surface area (TPSA) is 41.5 Å². The number of rotatable bonds is 8. The van der Waals surface area contributed by atoms with Crippen LogP contribution in [-0.4, -0.2) is 24.4 Å². The van der Waals surface area contributed by atoms with Crippen LogP contribution in [0.2, 0.25) is 0 Å². The molecular weight excluding hydrogens is 386 g/mol. The maximum Gasteiger partial charge on any atom is 0.147 e. The van der Waals surface area contributed by atoms with Crippen molar-refractivity contribution >= 4 is 31.9 Å². The monoisotopic (exact) mass is 407 g/mol. The summed E-state index contributed by atoms with van der Waals surface area (Å²) < 4.78 is 7.45. The summed E-state index contributed by atoms with van der Waals surface area (Å²) in [5.74, 6) is 1.40. The third kappa shape index (κ3) is 5.72. The fraction of sp³-hybridized carbons (Fsp3) is 0.600. The third-order valence-electron chi connectivity index (χ3n) is 2.92. The van der Waals surface area contributed by atoms with Crippen molar-refractivity contribution in [3.63, 3.8) is 0 Å². The predicted octanol–water partition coefficient (Wildman–Crippen LogP) is 4.11. The average Bonchev–Trinajstić information content (AvgIpc) is 2.38. The molecule has 5 heteroatoms. The van der Waals surface area contributed by atoms with Crippen LogP contribution in [-0.2, 0) is 6.54 Å². The molecule has 0 bridgehead atoms. The first-order chi connectivity index (χ1) is 9.47. The first-order valence-electron chi connectivity index (χ1n) is 6.92. The highest BCUT2D eigenvalue weighted by Crippen LogP contribution is 2.34. The van der Waals surface area contributed by atoms with E-state index in [1.165, 1.54) is 0 Å². The number of aliphatic hydroxyl groups is 1. The molecule has 0 aliphatic rings. The van der Waals surface area contributed by atoms with Gasteiger partial charge in [-0.05, 0) is 68.8 Å². The number of benzene rings is 1. The van der Waals surface area contributed by atoms with Crippen molar-refractivity contribution in [1.29, 1.82) is 0 Å². The second-order valence-corrected chi connectivity index (χ2v) is 6.92. The van der Waals surface area contributed by atoms with E-state index >= 15 is 0 Å². The lowest BCUT2D eigenvalue weighted by Gasteiger charge is -2.19. The van der Waals surface area contributed by atoms with Gasteiger partial charge in [0.05, 0.1) is 22.2 Å². The molecule has 3 nitrogen and oxygen atoms in total. The summed E-state index contributed by atoms with van der Waals surface area (Å²) in [5.41, 5.74) is 1.15. The Hall–Kier alpha value is -0.100. The lowest BCUT2D eigenvalue weighted by atomic mass is 10.0. The van der Waals surface area contributed by atoms with Crippen LogP contribution in [0.3, 0.4) is 0 Å². The molecule has 0 aliphatic carbocycles. The van der Waals surface area contributed by atoms with Crippen LogP contribution < -0.4 is 10.1 Å². The highest BCUT2D eigenvalue weighted by Gasteiger charge is 2.12. The highest BCUT2D eigenvalue weighted by atomic mass is 79.9. The minimum atomic E-state index is 0.138. The molecule has 0 amide bonds. The molecule has 0 aliphatic heterocycles. The zero-order valence-corrected chi connectivity index (χ0v) is 15.4. The molecule has 1 rings (SSSR count). The Kier molecular flexibility index (Phi) is 8.10. The summed E-state index contributed by atoms with van der Waals surface area (Å²) in [5, 5.41) is 12.8. The van der Waals surface area contributed by atoms with Crippen molar-refractivity contribution in [2.45, 2.75) is 39.8 Å². The molecule has 0 aromatic heterocycles. The molecule has 1 aromatic carbocycles. The Morgan fingerprint density at radius 2 is 1.85 bits per heavy atom. The Morgan fingerprint density at radius 3 is 2.30 bits per heavy atom. The largest absolute Gasteiger partial charge is 0.492 e. The van der Waals surface area contributed by atoms with E-state index in [0.29, 0.717) is 12.5 Å². The standard InChI is InChI=1S/C15H23Br2NO2/c1-4-20-15-13(16)6-11(7-14(15)17)8-18-12(9-19)5-10(2)3/h6-7,10,12,18-19H,4-5,8-9H2,1-3H3. The molecule has 0 radical (unpaired) electrons. The van der Waals surface area contributed by atoms with Gasteiger partial charge in [0.15, 0.2) is 0 Å². The number of hydrogen-bond acceptors (Lipinski definition) is 3. The first-order valence-corrected chi connectivity index (χ1v) is 8.51. The Bertz CT molecular complexity index is 401. The molecular formula is C15H23Br2NO2. The van der Waals surface area contributed by atoms with Gasteiger partial charge in [0.2, 0.25) is 0 Å². The third-order valence-corrected chi connectivity index (χ3v) is 4.10. The number of halogens is 2. The van der Waals surface area contributed by atoms with Gasteiger partial charge in [-0.15, -0.1) is 0 Å². The molecule has 0 fully saturated rings. The zero-order chi connectivity index (χ0) is 15.1. The molecule has 114 valence electrons. The average molecular weight is 409 g/mol. The lowest BCUT2D eigenvalue weighted by molar-refractivity contribution is 0.223. The van der Waals surface area contributed by atoms with Crippen molar-refractivity contribution in [1.82, 2.24) is 5.32 Å². The Morgan fingerprint density at radius 1 is 1.25 bits per heavy atom. The molecule has 20 heavy (non-hydrogen) atoms. The summed E-state index contributed by atoms with van der Waals surface area (Å²) in [6, 6.07) is 4.23. The van der Waals surface area contributed by atoms with Crippen LogP contribution in [0.1, 0.15) is 32.8 Å². The fourth-order valence-electron chi connectivity index (χ4n) is 2.05. The number of hydrogen-bond donors (Lipinski definition) is 2. The van der Waals surface area contributed by atoms with E-state index in [1.807, 2.05) is 19.1 Å². The van der Waals surface area contributed by atoms with Crippen LogP contribution in [0.15, 0.2) is 21.1 Å². The van der Waals surface area contributed by atoms with Gasteiger partial charge in [-0.3, -0.25) is 0 Å². The van der Waals surface area contributed by atoms with Crippen molar-refractivity contribution in [2.75, 3.05) is 13.2 Å². The van der Waals surface area contributed by atoms with E-state index in [0.717, 1.165) is 33.2 Å². The summed E-state index contributed by atoms with van der Waals surface area (Å²) in [6.07, 6.45) is 0.968. The molecule has 0 spiro atoms. The maximum atomic E-state index is 9.38. The molecule has 0 heterocycles. The van der Waals surface area contributed by atoms with Gasteiger partial charge in [0.1, 0.15) is 5.75 Å². The number of aliphatic hydroxyl groups excluding tert-OH is 1. The summed E-state index contributed by atoms with van der Waals surface area (Å²) >= 11 is 7.06. The van der Waals surface area contributed by atoms with Gasteiger partial charge in [-0.25, -0.2) is 0 Å². The molecule has 0 saturated carbocycles. The van der Waals surface area contributed by atoms with E-state index in [4.69, 9.17) is 4.74 Å². The van der Waals surface area contributed by atoms with E-state index in [-0.39, 0.29) is 12.6 Å². The summed E-state index contributed by atoms with van der Waals surface area (Å²) in [7, 11) is 0. The van der Waals surface area contributed by atoms with Gasteiger partial charge in [0, 0.05) is 12.6 Å². The number of nitrogens with one attached hydrogen (secondary N) is 1. The van der Waals surface area contributed by atoms with Gasteiger partial charge in [-0.1, -0.05) is 13.8 Å². The molecule has 2 N–H and O–H groups in total. The van der Waals surface area contributed by atoms with E-state index < -0.39 is 0 Å². The molecule has 1 aromatic rings.